The first-order chi connectivity index (χ1) is 11.2. The zero-order valence-electron chi connectivity index (χ0n) is 14.1. The van der Waals surface area contributed by atoms with Crippen LogP contribution in [0.15, 0.2) is 23.2 Å². The summed E-state index contributed by atoms with van der Waals surface area (Å²) in [5.74, 6) is 0.756. The number of hydrogen-bond acceptors (Lipinski definition) is 3. The molecule has 0 aliphatic carbocycles. The summed E-state index contributed by atoms with van der Waals surface area (Å²) in [6.45, 7) is 5.16. The fourth-order valence-corrected chi connectivity index (χ4v) is 2.80. The lowest BCUT2D eigenvalue weighted by Gasteiger charge is -2.34. The van der Waals surface area contributed by atoms with Crippen LogP contribution in [0.2, 0.25) is 0 Å². The molecule has 0 aromatic heterocycles. The van der Waals surface area contributed by atoms with Crippen molar-refractivity contribution in [1.29, 1.82) is 0 Å². The van der Waals surface area contributed by atoms with Gasteiger partial charge in [-0.25, -0.2) is 4.39 Å². The van der Waals surface area contributed by atoms with Gasteiger partial charge < -0.3 is 19.7 Å². The van der Waals surface area contributed by atoms with E-state index >= 15 is 0 Å². The van der Waals surface area contributed by atoms with Crippen molar-refractivity contribution >= 4 is 5.96 Å². The van der Waals surface area contributed by atoms with Gasteiger partial charge in [-0.1, -0.05) is 6.07 Å². The highest BCUT2D eigenvalue weighted by Crippen LogP contribution is 2.18. The van der Waals surface area contributed by atoms with Crippen molar-refractivity contribution in [2.24, 2.45) is 4.99 Å². The van der Waals surface area contributed by atoms with E-state index in [2.05, 4.69) is 15.2 Å². The normalized spacial score (nSPS) is 16.5. The average molecular weight is 323 g/mol. The number of nitrogens with zero attached hydrogens (tertiary/aromatic N) is 2. The van der Waals surface area contributed by atoms with Crippen molar-refractivity contribution < 1.29 is 13.9 Å². The Labute approximate surface area is 137 Å². The molecule has 23 heavy (non-hydrogen) atoms. The molecule has 1 aliphatic heterocycles. The van der Waals surface area contributed by atoms with Crippen molar-refractivity contribution in [3.63, 3.8) is 0 Å². The topological polar surface area (TPSA) is 46.1 Å². The van der Waals surface area contributed by atoms with E-state index in [-0.39, 0.29) is 11.6 Å². The molecule has 1 aromatic rings. The monoisotopic (exact) mass is 323 g/mol. The molecule has 0 spiro atoms. The third kappa shape index (κ3) is 4.82. The minimum atomic E-state index is -0.348. The molecule has 0 saturated carbocycles. The maximum atomic E-state index is 13.7. The van der Waals surface area contributed by atoms with Gasteiger partial charge in [-0.3, -0.25) is 4.99 Å². The number of rotatable bonds is 5. The Morgan fingerprint density at radius 2 is 2.13 bits per heavy atom. The summed E-state index contributed by atoms with van der Waals surface area (Å²) < 4.78 is 24.3. The second-order valence-corrected chi connectivity index (χ2v) is 5.51. The highest BCUT2D eigenvalue weighted by atomic mass is 19.1. The smallest absolute Gasteiger partial charge is 0.193 e. The van der Waals surface area contributed by atoms with Gasteiger partial charge in [-0.2, -0.15) is 0 Å². The van der Waals surface area contributed by atoms with Gasteiger partial charge in [0, 0.05) is 33.3 Å². The lowest BCUT2D eigenvalue weighted by atomic mass is 10.1. The number of halogens is 1. The molecule has 0 radical (unpaired) electrons. The maximum Gasteiger partial charge on any atom is 0.193 e. The van der Waals surface area contributed by atoms with Crippen LogP contribution in [-0.4, -0.2) is 50.8 Å². The Balaban J connectivity index is 1.87. The van der Waals surface area contributed by atoms with E-state index in [0.29, 0.717) is 12.6 Å². The predicted molar refractivity (Wildman–Crippen MR) is 89.4 cm³/mol. The number of methoxy groups -OCH3 is 1. The van der Waals surface area contributed by atoms with Crippen LogP contribution in [0.25, 0.3) is 0 Å². The summed E-state index contributed by atoms with van der Waals surface area (Å²) in [7, 11) is 3.23. The van der Waals surface area contributed by atoms with E-state index in [9.17, 15) is 4.39 Å². The van der Waals surface area contributed by atoms with Crippen LogP contribution < -0.4 is 10.1 Å². The van der Waals surface area contributed by atoms with Crippen molar-refractivity contribution in [2.45, 2.75) is 32.4 Å². The van der Waals surface area contributed by atoms with E-state index < -0.39 is 0 Å². The Bertz CT molecular complexity index is 529. The van der Waals surface area contributed by atoms with Crippen LogP contribution in [0.1, 0.15) is 25.3 Å². The van der Waals surface area contributed by atoms with Crippen molar-refractivity contribution in [3.8, 4) is 5.75 Å². The zero-order valence-corrected chi connectivity index (χ0v) is 14.1. The standard InChI is InChI=1S/C17H26FN3O2/c1-4-23-14-7-9-21(10-8-14)17(19-2)20-12-13-5-6-16(22-3)15(18)11-13/h5-6,11,14H,4,7-10,12H2,1-3H3,(H,19,20). The van der Waals surface area contributed by atoms with E-state index in [1.54, 1.807) is 13.1 Å². The lowest BCUT2D eigenvalue weighted by Crippen LogP contribution is -2.46. The Hall–Kier alpha value is -1.82. The van der Waals surface area contributed by atoms with Gasteiger partial charge in [0.25, 0.3) is 0 Å². The quantitative estimate of drug-likeness (QED) is 0.668. The van der Waals surface area contributed by atoms with E-state index in [1.807, 2.05) is 13.0 Å². The zero-order chi connectivity index (χ0) is 16.7. The summed E-state index contributed by atoms with van der Waals surface area (Å²) in [4.78, 5) is 6.54. The highest BCUT2D eigenvalue weighted by molar-refractivity contribution is 5.79. The molecule has 1 heterocycles. The molecule has 6 heteroatoms. The number of nitrogens with one attached hydrogen (secondary N) is 1. The molecule has 0 atom stereocenters. The fraction of sp³-hybridized carbons (Fsp3) is 0.588. The van der Waals surface area contributed by atoms with Crippen molar-refractivity contribution in [2.75, 3.05) is 33.9 Å². The van der Waals surface area contributed by atoms with Crippen LogP contribution in [-0.2, 0) is 11.3 Å². The SMILES string of the molecule is CCOC1CCN(C(=NC)NCc2ccc(OC)c(F)c2)CC1. The van der Waals surface area contributed by atoms with Gasteiger partial charge in [0.15, 0.2) is 17.5 Å². The maximum absolute atomic E-state index is 13.7. The van der Waals surface area contributed by atoms with Crippen LogP contribution in [0.5, 0.6) is 5.75 Å². The molecule has 5 nitrogen and oxygen atoms in total. The molecular formula is C17H26FN3O2. The minimum absolute atomic E-state index is 0.260. The van der Waals surface area contributed by atoms with Crippen LogP contribution in [0.4, 0.5) is 4.39 Å². The van der Waals surface area contributed by atoms with Crippen LogP contribution in [0.3, 0.4) is 0 Å². The van der Waals surface area contributed by atoms with E-state index in [4.69, 9.17) is 9.47 Å². The van der Waals surface area contributed by atoms with E-state index in [1.165, 1.54) is 13.2 Å². The van der Waals surface area contributed by atoms with Gasteiger partial charge in [0.05, 0.1) is 13.2 Å². The van der Waals surface area contributed by atoms with Crippen molar-refractivity contribution in [1.82, 2.24) is 10.2 Å². The van der Waals surface area contributed by atoms with E-state index in [0.717, 1.165) is 44.1 Å². The number of piperidine rings is 1. The number of likely N-dealkylation sites (tertiary alicyclic amines) is 1. The Kier molecular flexibility index (Phi) is 6.65. The van der Waals surface area contributed by atoms with Gasteiger partial charge in [-0.05, 0) is 37.5 Å². The molecule has 2 rings (SSSR count). The molecular weight excluding hydrogens is 297 g/mol. The largest absolute Gasteiger partial charge is 0.494 e. The minimum Gasteiger partial charge on any atom is -0.494 e. The average Bonchev–Trinajstić information content (AvgIpc) is 2.57. The first-order valence-corrected chi connectivity index (χ1v) is 8.07. The predicted octanol–water partition coefficient (Wildman–Crippen LogP) is 2.41. The Morgan fingerprint density at radius 1 is 1.39 bits per heavy atom. The summed E-state index contributed by atoms with van der Waals surface area (Å²) in [6, 6.07) is 4.98. The molecule has 0 bridgehead atoms. The molecule has 1 saturated heterocycles. The third-order valence-corrected chi connectivity index (χ3v) is 4.02. The molecule has 1 aliphatic rings. The molecule has 1 fully saturated rings. The summed E-state index contributed by atoms with van der Waals surface area (Å²) in [6.07, 6.45) is 2.36. The molecule has 128 valence electrons. The molecule has 1 aromatic carbocycles. The van der Waals surface area contributed by atoms with Crippen LogP contribution in [0, 0.1) is 5.82 Å². The van der Waals surface area contributed by atoms with Crippen LogP contribution >= 0.6 is 0 Å². The summed E-state index contributed by atoms with van der Waals surface area (Å²) >= 11 is 0. The van der Waals surface area contributed by atoms with Gasteiger partial charge in [0.2, 0.25) is 0 Å². The summed E-state index contributed by atoms with van der Waals surface area (Å²) in [5.41, 5.74) is 0.855. The first kappa shape index (κ1) is 17.5. The third-order valence-electron chi connectivity index (χ3n) is 4.02. The second-order valence-electron chi connectivity index (χ2n) is 5.51. The number of guanidine groups is 1. The second kappa shape index (κ2) is 8.72. The number of aliphatic imine (C=N–C) groups is 1. The Morgan fingerprint density at radius 3 is 2.70 bits per heavy atom. The summed E-state index contributed by atoms with van der Waals surface area (Å²) in [5, 5.41) is 3.29. The number of benzene rings is 1. The lowest BCUT2D eigenvalue weighted by molar-refractivity contribution is 0.0263. The van der Waals surface area contributed by atoms with Gasteiger partial charge >= 0.3 is 0 Å². The van der Waals surface area contributed by atoms with Gasteiger partial charge in [0.1, 0.15) is 0 Å². The van der Waals surface area contributed by atoms with Gasteiger partial charge in [-0.15, -0.1) is 0 Å². The number of ether oxygens (including phenoxy) is 2. The van der Waals surface area contributed by atoms with Crippen molar-refractivity contribution in [3.05, 3.63) is 29.6 Å². The fourth-order valence-electron chi connectivity index (χ4n) is 2.80. The first-order valence-electron chi connectivity index (χ1n) is 8.07. The molecule has 0 unspecified atom stereocenters. The highest BCUT2D eigenvalue weighted by Gasteiger charge is 2.21. The molecule has 1 N–H and O–H groups in total. The molecule has 0 amide bonds. The number of hydrogen-bond donors (Lipinski definition) is 1.